The molecule has 162 valence electrons. The molecule has 0 aliphatic carbocycles. The predicted molar refractivity (Wildman–Crippen MR) is 124 cm³/mol. The van der Waals surface area contributed by atoms with Crippen LogP contribution in [0.15, 0.2) is 60.9 Å². The average Bonchev–Trinajstić information content (AvgIpc) is 3.28. The number of halogens is 1. The van der Waals surface area contributed by atoms with E-state index in [1.165, 1.54) is 11.9 Å². The lowest BCUT2D eigenvalue weighted by Gasteiger charge is -2.37. The summed E-state index contributed by atoms with van der Waals surface area (Å²) in [5, 5.41) is 5.03. The van der Waals surface area contributed by atoms with E-state index in [2.05, 4.69) is 32.1 Å². The standard InChI is InChI=1S/C24H23ClN6O/c1-17-21(14-18-6-3-2-4-7-18)22(31-24(28-17)26-16-27-31)29-10-12-30(13-11-29)23(32)19-8-5-9-20(25)15-19/h2-9,15-16H,10-14H2,1H3. The number of rotatable bonds is 4. The highest BCUT2D eigenvalue weighted by atomic mass is 35.5. The van der Waals surface area contributed by atoms with E-state index in [1.807, 2.05) is 46.7 Å². The maximum absolute atomic E-state index is 12.9. The van der Waals surface area contributed by atoms with E-state index in [0.717, 1.165) is 23.5 Å². The minimum absolute atomic E-state index is 0.00784. The Morgan fingerprint density at radius 2 is 1.81 bits per heavy atom. The van der Waals surface area contributed by atoms with Gasteiger partial charge < -0.3 is 9.80 Å². The van der Waals surface area contributed by atoms with Gasteiger partial charge in [-0.15, -0.1) is 0 Å². The first-order valence-corrected chi connectivity index (χ1v) is 11.0. The molecule has 1 aliphatic heterocycles. The van der Waals surface area contributed by atoms with Gasteiger partial charge in [-0.2, -0.15) is 14.6 Å². The number of fused-ring (bicyclic) bond motifs is 1. The molecule has 7 nitrogen and oxygen atoms in total. The summed E-state index contributed by atoms with van der Waals surface area (Å²) < 4.78 is 1.82. The Morgan fingerprint density at radius 3 is 2.56 bits per heavy atom. The second-order valence-corrected chi connectivity index (χ2v) is 8.36. The summed E-state index contributed by atoms with van der Waals surface area (Å²) in [5.74, 6) is 1.60. The van der Waals surface area contributed by atoms with Gasteiger partial charge in [-0.1, -0.05) is 48.0 Å². The molecule has 1 aliphatic rings. The molecule has 0 atom stereocenters. The molecular formula is C24H23ClN6O. The van der Waals surface area contributed by atoms with Gasteiger partial charge in [-0.3, -0.25) is 4.79 Å². The third kappa shape index (κ3) is 3.91. The maximum atomic E-state index is 12.9. The van der Waals surface area contributed by atoms with Crippen molar-refractivity contribution in [3.63, 3.8) is 0 Å². The highest BCUT2D eigenvalue weighted by Gasteiger charge is 2.27. The summed E-state index contributed by atoms with van der Waals surface area (Å²) in [5.41, 5.74) is 3.91. The normalized spacial score (nSPS) is 14.2. The minimum Gasteiger partial charge on any atom is -0.353 e. The lowest BCUT2D eigenvalue weighted by atomic mass is 10.0. The number of aryl methyl sites for hydroxylation is 1. The minimum atomic E-state index is 0.00784. The summed E-state index contributed by atoms with van der Waals surface area (Å²) in [6, 6.07) is 17.5. The number of amides is 1. The monoisotopic (exact) mass is 446 g/mol. The van der Waals surface area contributed by atoms with E-state index in [0.29, 0.717) is 42.5 Å². The zero-order chi connectivity index (χ0) is 22.1. The number of aromatic nitrogens is 4. The van der Waals surface area contributed by atoms with Gasteiger partial charge in [0.25, 0.3) is 11.7 Å². The Labute approximate surface area is 191 Å². The van der Waals surface area contributed by atoms with E-state index >= 15 is 0 Å². The summed E-state index contributed by atoms with van der Waals surface area (Å²) in [6.45, 7) is 4.66. The third-order valence-corrected chi connectivity index (χ3v) is 6.10. The largest absolute Gasteiger partial charge is 0.353 e. The van der Waals surface area contributed by atoms with Crippen LogP contribution < -0.4 is 4.90 Å². The molecule has 0 N–H and O–H groups in total. The number of hydrogen-bond donors (Lipinski definition) is 0. The van der Waals surface area contributed by atoms with Crippen LogP contribution in [0, 0.1) is 6.92 Å². The number of carbonyl (C=O) groups is 1. The molecule has 0 bridgehead atoms. The SMILES string of the molecule is Cc1nc2ncnn2c(N2CCN(C(=O)c3cccc(Cl)c3)CC2)c1Cc1ccccc1. The molecule has 0 unspecified atom stereocenters. The first-order chi connectivity index (χ1) is 15.6. The summed E-state index contributed by atoms with van der Waals surface area (Å²) in [6.07, 6.45) is 2.29. The Hall–Kier alpha value is -3.45. The number of piperazine rings is 1. The quantitative estimate of drug-likeness (QED) is 0.479. The summed E-state index contributed by atoms with van der Waals surface area (Å²) in [4.78, 5) is 26.1. The summed E-state index contributed by atoms with van der Waals surface area (Å²) >= 11 is 6.07. The number of benzene rings is 2. The fourth-order valence-electron chi connectivity index (χ4n) is 4.23. The number of nitrogens with zero attached hydrogens (tertiary/aromatic N) is 6. The van der Waals surface area contributed by atoms with Crippen molar-refractivity contribution in [3.05, 3.63) is 88.3 Å². The van der Waals surface area contributed by atoms with Gasteiger partial charge >= 0.3 is 0 Å². The molecule has 1 saturated heterocycles. The van der Waals surface area contributed by atoms with Crippen LogP contribution in [0.5, 0.6) is 0 Å². The zero-order valence-electron chi connectivity index (χ0n) is 17.8. The van der Waals surface area contributed by atoms with Gasteiger partial charge in [0, 0.05) is 54.4 Å². The van der Waals surface area contributed by atoms with Crippen molar-refractivity contribution in [2.45, 2.75) is 13.3 Å². The molecule has 1 amide bonds. The smallest absolute Gasteiger partial charge is 0.254 e. The number of hydrogen-bond acceptors (Lipinski definition) is 5. The van der Waals surface area contributed by atoms with Crippen LogP contribution in [0.4, 0.5) is 5.82 Å². The molecule has 2 aromatic heterocycles. The first-order valence-electron chi connectivity index (χ1n) is 10.6. The lowest BCUT2D eigenvalue weighted by Crippen LogP contribution is -2.49. The third-order valence-electron chi connectivity index (χ3n) is 5.87. The van der Waals surface area contributed by atoms with Gasteiger partial charge in [0.15, 0.2) is 0 Å². The lowest BCUT2D eigenvalue weighted by molar-refractivity contribution is 0.0746. The molecule has 3 heterocycles. The van der Waals surface area contributed by atoms with Crippen molar-refractivity contribution in [2.24, 2.45) is 0 Å². The fourth-order valence-corrected chi connectivity index (χ4v) is 4.42. The van der Waals surface area contributed by atoms with Gasteiger partial charge in [-0.25, -0.2) is 4.98 Å². The van der Waals surface area contributed by atoms with Gasteiger partial charge in [0.05, 0.1) is 0 Å². The molecule has 4 aromatic rings. The van der Waals surface area contributed by atoms with Crippen molar-refractivity contribution in [1.82, 2.24) is 24.5 Å². The summed E-state index contributed by atoms with van der Waals surface area (Å²) in [7, 11) is 0. The number of anilines is 1. The van der Waals surface area contributed by atoms with Crippen LogP contribution in [-0.2, 0) is 6.42 Å². The highest BCUT2D eigenvalue weighted by Crippen LogP contribution is 2.27. The Morgan fingerprint density at radius 1 is 1.03 bits per heavy atom. The molecule has 32 heavy (non-hydrogen) atoms. The van der Waals surface area contributed by atoms with Gasteiger partial charge in [0.1, 0.15) is 12.1 Å². The average molecular weight is 447 g/mol. The van der Waals surface area contributed by atoms with Crippen molar-refractivity contribution in [3.8, 4) is 0 Å². The van der Waals surface area contributed by atoms with Crippen LogP contribution in [-0.4, -0.2) is 56.6 Å². The molecule has 0 spiro atoms. The van der Waals surface area contributed by atoms with Crippen LogP contribution in [0.25, 0.3) is 5.78 Å². The van der Waals surface area contributed by atoms with E-state index < -0.39 is 0 Å². The second kappa shape index (κ2) is 8.59. The Bertz CT molecular complexity index is 1260. The molecule has 1 fully saturated rings. The van der Waals surface area contributed by atoms with Crippen molar-refractivity contribution in [2.75, 3.05) is 31.1 Å². The van der Waals surface area contributed by atoms with Crippen LogP contribution in [0.2, 0.25) is 5.02 Å². The molecule has 5 rings (SSSR count). The van der Waals surface area contributed by atoms with Crippen LogP contribution in [0.1, 0.15) is 27.2 Å². The van der Waals surface area contributed by atoms with Gasteiger partial charge in [0.2, 0.25) is 0 Å². The molecular weight excluding hydrogens is 424 g/mol. The molecule has 2 aromatic carbocycles. The van der Waals surface area contributed by atoms with E-state index in [9.17, 15) is 4.79 Å². The van der Waals surface area contributed by atoms with Gasteiger partial charge in [-0.05, 0) is 30.7 Å². The predicted octanol–water partition coefficient (Wildman–Crippen LogP) is 3.64. The number of carbonyl (C=O) groups excluding carboxylic acids is 1. The molecule has 8 heteroatoms. The fraction of sp³-hybridized carbons (Fsp3) is 0.250. The zero-order valence-corrected chi connectivity index (χ0v) is 18.5. The van der Waals surface area contributed by atoms with Crippen molar-refractivity contribution in [1.29, 1.82) is 0 Å². The van der Waals surface area contributed by atoms with Crippen molar-refractivity contribution < 1.29 is 4.79 Å². The highest BCUT2D eigenvalue weighted by molar-refractivity contribution is 6.30. The van der Waals surface area contributed by atoms with E-state index in [-0.39, 0.29) is 5.91 Å². The van der Waals surface area contributed by atoms with Crippen LogP contribution >= 0.6 is 11.6 Å². The molecule has 0 radical (unpaired) electrons. The Balaban J connectivity index is 1.43. The second-order valence-electron chi connectivity index (χ2n) is 7.92. The maximum Gasteiger partial charge on any atom is 0.254 e. The van der Waals surface area contributed by atoms with E-state index in [4.69, 9.17) is 11.6 Å². The molecule has 0 saturated carbocycles. The Kier molecular flexibility index (Phi) is 5.49. The van der Waals surface area contributed by atoms with E-state index in [1.54, 1.807) is 12.1 Å². The van der Waals surface area contributed by atoms with Crippen LogP contribution in [0.3, 0.4) is 0 Å². The topological polar surface area (TPSA) is 66.6 Å². The van der Waals surface area contributed by atoms with Crippen molar-refractivity contribution >= 4 is 29.1 Å². The first kappa shape index (κ1) is 20.5.